The molecule has 0 spiro atoms. The molecule has 6 nitrogen and oxygen atoms in total. The number of carbonyl (C=O) groups is 1. The molecule has 0 heterocycles. The summed E-state index contributed by atoms with van der Waals surface area (Å²) in [6.45, 7) is 3.36. The van der Waals surface area contributed by atoms with Gasteiger partial charge in [0, 0.05) is 20.1 Å². The number of hydrogen-bond donors (Lipinski definition) is 1. The first-order valence-corrected chi connectivity index (χ1v) is 8.84. The molecule has 1 aromatic rings. The Labute approximate surface area is 137 Å². The maximum absolute atomic E-state index is 14.0. The zero-order chi connectivity index (χ0) is 17.6. The fourth-order valence-electron chi connectivity index (χ4n) is 2.10. The van der Waals surface area contributed by atoms with Gasteiger partial charge in [-0.05, 0) is 25.5 Å². The number of halogens is 1. The van der Waals surface area contributed by atoms with Crippen LogP contribution in [0.15, 0.2) is 24.3 Å². The van der Waals surface area contributed by atoms with Crippen molar-refractivity contribution in [2.24, 2.45) is 0 Å². The van der Waals surface area contributed by atoms with Crippen molar-refractivity contribution in [1.29, 1.82) is 0 Å². The molecule has 0 aliphatic rings. The average molecular weight is 345 g/mol. The van der Waals surface area contributed by atoms with Gasteiger partial charge >= 0.3 is 10.2 Å². The van der Waals surface area contributed by atoms with Crippen molar-refractivity contribution in [1.82, 2.24) is 9.62 Å². The predicted octanol–water partition coefficient (Wildman–Crippen LogP) is 1.74. The molecule has 0 saturated heterocycles. The number of rotatable bonds is 8. The number of carbonyl (C=O) groups excluding carboxylic acids is 1. The van der Waals surface area contributed by atoms with Crippen molar-refractivity contribution in [2.75, 3.05) is 24.9 Å². The maximum Gasteiger partial charge on any atom is 0.304 e. The number of benzene rings is 1. The minimum Gasteiger partial charge on any atom is -0.352 e. The molecule has 130 valence electrons. The first-order chi connectivity index (χ1) is 10.7. The van der Waals surface area contributed by atoms with Gasteiger partial charge in [-0.3, -0.25) is 4.79 Å². The van der Waals surface area contributed by atoms with E-state index < -0.39 is 28.5 Å². The molecule has 0 unspecified atom stereocenters. The predicted molar refractivity (Wildman–Crippen MR) is 88.9 cm³/mol. The molecular formula is C15H24FN3O3S. The Morgan fingerprint density at radius 3 is 2.43 bits per heavy atom. The lowest BCUT2D eigenvalue weighted by Gasteiger charge is -2.27. The van der Waals surface area contributed by atoms with Gasteiger partial charge in [-0.1, -0.05) is 25.5 Å². The fraction of sp³-hybridized carbons (Fsp3) is 0.533. The zero-order valence-electron chi connectivity index (χ0n) is 13.9. The smallest absolute Gasteiger partial charge is 0.304 e. The first-order valence-electron chi connectivity index (χ1n) is 7.44. The fourth-order valence-corrected chi connectivity index (χ4v) is 3.17. The van der Waals surface area contributed by atoms with Crippen LogP contribution in [0.4, 0.5) is 10.1 Å². The first kappa shape index (κ1) is 19.4. The van der Waals surface area contributed by atoms with Gasteiger partial charge in [-0.15, -0.1) is 0 Å². The second-order valence-corrected chi connectivity index (χ2v) is 7.57. The van der Waals surface area contributed by atoms with E-state index in [1.165, 1.54) is 32.3 Å². The lowest BCUT2D eigenvalue weighted by atomic mass is 10.2. The van der Waals surface area contributed by atoms with Crippen LogP contribution in [0.1, 0.15) is 26.7 Å². The zero-order valence-corrected chi connectivity index (χ0v) is 14.7. The van der Waals surface area contributed by atoms with Gasteiger partial charge in [0.15, 0.2) is 0 Å². The van der Waals surface area contributed by atoms with Crippen LogP contribution in [0.3, 0.4) is 0 Å². The highest BCUT2D eigenvalue weighted by Gasteiger charge is 2.29. The third-order valence-corrected chi connectivity index (χ3v) is 5.08. The van der Waals surface area contributed by atoms with Gasteiger partial charge in [-0.25, -0.2) is 8.70 Å². The minimum absolute atomic E-state index is 0.0722. The summed E-state index contributed by atoms with van der Waals surface area (Å²) in [4.78, 5) is 12.1. The van der Waals surface area contributed by atoms with Crippen molar-refractivity contribution < 1.29 is 17.6 Å². The van der Waals surface area contributed by atoms with Crippen molar-refractivity contribution in [3.05, 3.63) is 30.1 Å². The summed E-state index contributed by atoms with van der Waals surface area (Å²) in [5, 5.41) is 2.73. The standard InChI is InChI=1S/C15H24FN3O3S/c1-5-8-12(2)17-15(20)11-19(23(21,22)18(3)4)14-10-7-6-9-13(14)16/h6-7,9-10,12H,5,8,11H2,1-4H3,(H,17,20)/t12-/m1/s1. The Morgan fingerprint density at radius 2 is 1.91 bits per heavy atom. The lowest BCUT2D eigenvalue weighted by molar-refractivity contribution is -0.120. The molecular weight excluding hydrogens is 321 g/mol. The Morgan fingerprint density at radius 1 is 1.30 bits per heavy atom. The lowest BCUT2D eigenvalue weighted by Crippen LogP contribution is -2.47. The number of para-hydroxylation sites is 1. The monoisotopic (exact) mass is 345 g/mol. The summed E-state index contributed by atoms with van der Waals surface area (Å²) in [7, 11) is -1.32. The Kier molecular flexibility index (Phi) is 6.96. The summed E-state index contributed by atoms with van der Waals surface area (Å²) in [6, 6.07) is 5.40. The quantitative estimate of drug-likeness (QED) is 0.780. The van der Waals surface area contributed by atoms with E-state index in [4.69, 9.17) is 0 Å². The van der Waals surface area contributed by atoms with Gasteiger partial charge in [0.05, 0.1) is 5.69 Å². The van der Waals surface area contributed by atoms with Gasteiger partial charge < -0.3 is 5.32 Å². The summed E-state index contributed by atoms with van der Waals surface area (Å²) in [5.74, 6) is -1.17. The van der Waals surface area contributed by atoms with Crippen LogP contribution >= 0.6 is 0 Å². The highest BCUT2D eigenvalue weighted by Crippen LogP contribution is 2.22. The van der Waals surface area contributed by atoms with Crippen LogP contribution in [-0.4, -0.2) is 45.3 Å². The minimum atomic E-state index is -3.99. The molecule has 0 saturated carbocycles. The van der Waals surface area contributed by atoms with E-state index in [2.05, 4.69) is 5.32 Å². The second kappa shape index (κ2) is 8.26. The SMILES string of the molecule is CCC[C@@H](C)NC(=O)CN(c1ccccc1F)S(=O)(=O)N(C)C. The molecule has 1 amide bonds. The molecule has 0 bridgehead atoms. The van der Waals surface area contributed by atoms with E-state index in [1.54, 1.807) is 0 Å². The summed E-state index contributed by atoms with van der Waals surface area (Å²) in [5.41, 5.74) is -0.153. The van der Waals surface area contributed by atoms with Crippen molar-refractivity contribution in [3.8, 4) is 0 Å². The molecule has 0 fully saturated rings. The highest BCUT2D eigenvalue weighted by molar-refractivity contribution is 7.90. The summed E-state index contributed by atoms with van der Waals surface area (Å²) in [6.07, 6.45) is 1.68. The number of nitrogens with one attached hydrogen (secondary N) is 1. The topological polar surface area (TPSA) is 69.7 Å². The van der Waals surface area contributed by atoms with E-state index >= 15 is 0 Å². The van der Waals surface area contributed by atoms with Crippen LogP contribution in [-0.2, 0) is 15.0 Å². The number of anilines is 1. The van der Waals surface area contributed by atoms with Crippen molar-refractivity contribution >= 4 is 21.8 Å². The van der Waals surface area contributed by atoms with Crippen LogP contribution in [0.25, 0.3) is 0 Å². The van der Waals surface area contributed by atoms with E-state index in [0.29, 0.717) is 0 Å². The second-order valence-electron chi connectivity index (χ2n) is 5.51. The molecule has 1 rings (SSSR count). The number of nitrogens with zero attached hydrogens (tertiary/aromatic N) is 2. The van der Waals surface area contributed by atoms with Gasteiger partial charge in [0.1, 0.15) is 12.4 Å². The highest BCUT2D eigenvalue weighted by atomic mass is 32.2. The van der Waals surface area contributed by atoms with Crippen LogP contribution in [0.2, 0.25) is 0 Å². The third kappa shape index (κ3) is 5.18. The normalized spacial score (nSPS) is 13.0. The Balaban J connectivity index is 3.08. The molecule has 8 heteroatoms. The van der Waals surface area contributed by atoms with Crippen LogP contribution in [0, 0.1) is 5.82 Å². The molecule has 0 aromatic heterocycles. The van der Waals surface area contributed by atoms with Crippen molar-refractivity contribution in [3.63, 3.8) is 0 Å². The van der Waals surface area contributed by atoms with Crippen molar-refractivity contribution in [2.45, 2.75) is 32.7 Å². The molecule has 23 heavy (non-hydrogen) atoms. The summed E-state index contributed by atoms with van der Waals surface area (Å²) >= 11 is 0. The van der Waals surface area contributed by atoms with Gasteiger partial charge in [-0.2, -0.15) is 12.7 Å². The van der Waals surface area contributed by atoms with Crippen LogP contribution < -0.4 is 9.62 Å². The van der Waals surface area contributed by atoms with E-state index in [9.17, 15) is 17.6 Å². The Hall–Kier alpha value is -1.67. The Bertz CT molecular complexity index is 635. The number of amides is 1. The number of hydrogen-bond acceptors (Lipinski definition) is 3. The van der Waals surface area contributed by atoms with E-state index in [1.807, 2.05) is 13.8 Å². The molecule has 0 radical (unpaired) electrons. The molecule has 1 atom stereocenters. The molecule has 0 aliphatic carbocycles. The summed E-state index contributed by atoms with van der Waals surface area (Å²) < 4.78 is 40.6. The largest absolute Gasteiger partial charge is 0.352 e. The molecule has 1 N–H and O–H groups in total. The molecule has 1 aromatic carbocycles. The van der Waals surface area contributed by atoms with E-state index in [-0.39, 0.29) is 11.7 Å². The van der Waals surface area contributed by atoms with Gasteiger partial charge in [0.2, 0.25) is 5.91 Å². The van der Waals surface area contributed by atoms with Gasteiger partial charge in [0.25, 0.3) is 0 Å². The van der Waals surface area contributed by atoms with E-state index in [0.717, 1.165) is 27.5 Å². The third-order valence-electron chi connectivity index (χ3n) is 3.28. The maximum atomic E-state index is 14.0. The van der Waals surface area contributed by atoms with Crippen LogP contribution in [0.5, 0.6) is 0 Å². The average Bonchev–Trinajstić information content (AvgIpc) is 2.45. The molecule has 0 aliphatic heterocycles.